The third kappa shape index (κ3) is 6.19. The number of piperidine rings is 1. The first-order chi connectivity index (χ1) is 12.6. The number of rotatable bonds is 4. The maximum Gasteiger partial charge on any atom is 0.234 e. The Labute approximate surface area is 163 Å². The van der Waals surface area contributed by atoms with Crippen molar-refractivity contribution in [2.75, 3.05) is 45.8 Å². The molecule has 27 heavy (non-hydrogen) atoms. The Bertz CT molecular complexity index is 540. The molecule has 2 heterocycles. The molecule has 2 saturated heterocycles. The van der Waals surface area contributed by atoms with E-state index in [1.165, 1.54) is 0 Å². The van der Waals surface area contributed by atoms with Crippen LogP contribution in [0.3, 0.4) is 0 Å². The van der Waals surface area contributed by atoms with Crippen LogP contribution in [-0.4, -0.2) is 84.3 Å². The Hall–Kier alpha value is -1.63. The van der Waals surface area contributed by atoms with Crippen LogP contribution < -0.4 is 5.32 Å². The summed E-state index contributed by atoms with van der Waals surface area (Å²) in [6.07, 6.45) is 1.50. The summed E-state index contributed by atoms with van der Waals surface area (Å²) in [5, 5.41) is 2.91. The lowest BCUT2D eigenvalue weighted by molar-refractivity contribution is -0.145. The Morgan fingerprint density at radius 1 is 0.926 bits per heavy atom. The molecule has 0 spiro atoms. The summed E-state index contributed by atoms with van der Waals surface area (Å²) < 4.78 is 0. The minimum Gasteiger partial charge on any atom is -0.353 e. The van der Waals surface area contributed by atoms with Gasteiger partial charge in [0, 0.05) is 56.6 Å². The molecule has 0 aliphatic carbocycles. The van der Waals surface area contributed by atoms with Gasteiger partial charge < -0.3 is 15.1 Å². The summed E-state index contributed by atoms with van der Waals surface area (Å²) in [5.74, 6) is 0.441. The predicted molar refractivity (Wildman–Crippen MR) is 105 cm³/mol. The highest BCUT2D eigenvalue weighted by Crippen LogP contribution is 2.25. The van der Waals surface area contributed by atoms with E-state index in [2.05, 4.69) is 10.2 Å². The first kappa shape index (κ1) is 21.7. The van der Waals surface area contributed by atoms with Crippen molar-refractivity contribution < 1.29 is 14.4 Å². The fraction of sp³-hybridized carbons (Fsp3) is 0.850. The molecular weight excluding hydrogens is 344 g/mol. The van der Waals surface area contributed by atoms with Gasteiger partial charge in [0.25, 0.3) is 0 Å². The molecule has 0 aromatic rings. The summed E-state index contributed by atoms with van der Waals surface area (Å²) in [5.41, 5.74) is -0.366. The number of amides is 3. The van der Waals surface area contributed by atoms with E-state index < -0.39 is 0 Å². The van der Waals surface area contributed by atoms with Crippen LogP contribution >= 0.6 is 0 Å². The lowest BCUT2D eigenvalue weighted by Gasteiger charge is -2.39. The Morgan fingerprint density at radius 2 is 1.48 bits per heavy atom. The standard InChI is InChI=1S/C20H36N4O3/c1-15(2)21-17(25)14-22-10-12-23(13-11-22)18(26)16-6-8-24(9-7-16)19(27)20(3,4)5/h15-16H,6-14H2,1-5H3,(H,21,25). The fourth-order valence-electron chi connectivity index (χ4n) is 3.76. The lowest BCUT2D eigenvalue weighted by atomic mass is 9.90. The Kier molecular flexibility index (Phi) is 7.25. The fourth-order valence-corrected chi connectivity index (χ4v) is 3.76. The molecule has 0 aromatic carbocycles. The van der Waals surface area contributed by atoms with Crippen molar-refractivity contribution in [1.29, 1.82) is 0 Å². The van der Waals surface area contributed by atoms with E-state index in [0.717, 1.165) is 25.9 Å². The van der Waals surface area contributed by atoms with Crippen molar-refractivity contribution in [1.82, 2.24) is 20.0 Å². The number of piperazine rings is 1. The summed E-state index contributed by atoms with van der Waals surface area (Å²) in [4.78, 5) is 43.0. The van der Waals surface area contributed by atoms with Gasteiger partial charge in [-0.3, -0.25) is 19.3 Å². The van der Waals surface area contributed by atoms with E-state index in [0.29, 0.717) is 32.7 Å². The average molecular weight is 381 g/mol. The Balaban J connectivity index is 1.75. The lowest BCUT2D eigenvalue weighted by Crippen LogP contribution is -2.54. The molecule has 2 rings (SSSR count). The number of carbonyl (C=O) groups is 3. The van der Waals surface area contributed by atoms with Gasteiger partial charge in [0.1, 0.15) is 0 Å². The Morgan fingerprint density at radius 3 is 1.96 bits per heavy atom. The van der Waals surface area contributed by atoms with Crippen molar-refractivity contribution in [3.8, 4) is 0 Å². The van der Waals surface area contributed by atoms with Gasteiger partial charge >= 0.3 is 0 Å². The number of nitrogens with zero attached hydrogens (tertiary/aromatic N) is 3. The molecule has 0 radical (unpaired) electrons. The van der Waals surface area contributed by atoms with Gasteiger partial charge in [-0.1, -0.05) is 20.8 Å². The summed E-state index contributed by atoms with van der Waals surface area (Å²) in [6, 6.07) is 0.149. The van der Waals surface area contributed by atoms with Gasteiger partial charge in [0.15, 0.2) is 0 Å². The van der Waals surface area contributed by atoms with E-state index in [4.69, 9.17) is 0 Å². The normalized spacial score (nSPS) is 20.1. The highest BCUT2D eigenvalue weighted by Gasteiger charge is 2.34. The summed E-state index contributed by atoms with van der Waals surface area (Å²) >= 11 is 0. The molecule has 7 heteroatoms. The average Bonchev–Trinajstić information content (AvgIpc) is 2.60. The number of hydrogen-bond donors (Lipinski definition) is 1. The smallest absolute Gasteiger partial charge is 0.234 e. The van der Waals surface area contributed by atoms with Crippen molar-refractivity contribution in [3.63, 3.8) is 0 Å². The van der Waals surface area contributed by atoms with Gasteiger partial charge in [0.2, 0.25) is 17.7 Å². The first-order valence-electron chi connectivity index (χ1n) is 10.2. The third-order valence-electron chi connectivity index (χ3n) is 5.27. The molecule has 1 N–H and O–H groups in total. The molecule has 2 fully saturated rings. The zero-order valence-electron chi connectivity index (χ0n) is 17.6. The second kappa shape index (κ2) is 9.04. The number of likely N-dealkylation sites (tertiary alicyclic amines) is 1. The van der Waals surface area contributed by atoms with Crippen LogP contribution in [0, 0.1) is 11.3 Å². The van der Waals surface area contributed by atoms with Gasteiger partial charge in [0.05, 0.1) is 6.54 Å². The third-order valence-corrected chi connectivity index (χ3v) is 5.27. The van der Waals surface area contributed by atoms with E-state index in [9.17, 15) is 14.4 Å². The van der Waals surface area contributed by atoms with Crippen LogP contribution in [0.1, 0.15) is 47.5 Å². The number of carbonyl (C=O) groups excluding carboxylic acids is 3. The zero-order valence-corrected chi connectivity index (χ0v) is 17.6. The molecule has 2 aliphatic rings. The number of hydrogen-bond acceptors (Lipinski definition) is 4. The van der Waals surface area contributed by atoms with Crippen molar-refractivity contribution in [2.45, 2.75) is 53.5 Å². The SMILES string of the molecule is CC(C)NC(=O)CN1CCN(C(=O)C2CCN(C(=O)C(C)(C)C)CC2)CC1. The van der Waals surface area contributed by atoms with Crippen molar-refractivity contribution >= 4 is 17.7 Å². The summed E-state index contributed by atoms with van der Waals surface area (Å²) in [7, 11) is 0. The maximum atomic E-state index is 12.8. The van der Waals surface area contributed by atoms with E-state index >= 15 is 0 Å². The second-order valence-electron chi connectivity index (χ2n) is 9.14. The van der Waals surface area contributed by atoms with Crippen LogP contribution in [-0.2, 0) is 14.4 Å². The highest BCUT2D eigenvalue weighted by atomic mass is 16.2. The number of nitrogens with one attached hydrogen (secondary N) is 1. The quantitative estimate of drug-likeness (QED) is 0.788. The van der Waals surface area contributed by atoms with Gasteiger partial charge in [-0.2, -0.15) is 0 Å². The maximum absolute atomic E-state index is 12.8. The van der Waals surface area contributed by atoms with Crippen LogP contribution in [0.15, 0.2) is 0 Å². The first-order valence-corrected chi connectivity index (χ1v) is 10.2. The minimum absolute atomic E-state index is 0.0183. The highest BCUT2D eigenvalue weighted by molar-refractivity contribution is 5.83. The molecule has 7 nitrogen and oxygen atoms in total. The second-order valence-corrected chi connectivity index (χ2v) is 9.14. The largest absolute Gasteiger partial charge is 0.353 e. The molecule has 0 saturated carbocycles. The molecule has 154 valence electrons. The monoisotopic (exact) mass is 380 g/mol. The van der Waals surface area contributed by atoms with Crippen molar-refractivity contribution in [3.05, 3.63) is 0 Å². The molecule has 0 unspecified atom stereocenters. The predicted octanol–water partition coefficient (Wildman–Crippen LogP) is 0.940. The molecule has 0 bridgehead atoms. The van der Waals surface area contributed by atoms with Gasteiger partial charge in [-0.15, -0.1) is 0 Å². The molecule has 0 atom stereocenters. The molecular formula is C20H36N4O3. The minimum atomic E-state index is -0.366. The van der Waals surface area contributed by atoms with E-state index in [1.807, 2.05) is 44.4 Å². The van der Waals surface area contributed by atoms with Gasteiger partial charge in [-0.05, 0) is 26.7 Å². The van der Waals surface area contributed by atoms with Crippen LogP contribution in [0.4, 0.5) is 0 Å². The topological polar surface area (TPSA) is 73.0 Å². The van der Waals surface area contributed by atoms with Crippen LogP contribution in [0.2, 0.25) is 0 Å². The van der Waals surface area contributed by atoms with Gasteiger partial charge in [-0.25, -0.2) is 0 Å². The van der Waals surface area contributed by atoms with Crippen LogP contribution in [0.5, 0.6) is 0 Å². The zero-order chi connectivity index (χ0) is 20.2. The molecule has 0 aromatic heterocycles. The van der Waals surface area contributed by atoms with Crippen molar-refractivity contribution in [2.24, 2.45) is 11.3 Å². The van der Waals surface area contributed by atoms with E-state index in [1.54, 1.807) is 0 Å². The summed E-state index contributed by atoms with van der Waals surface area (Å²) in [6.45, 7) is 14.3. The molecule has 3 amide bonds. The van der Waals surface area contributed by atoms with Crippen LogP contribution in [0.25, 0.3) is 0 Å². The molecule has 2 aliphatic heterocycles. The van der Waals surface area contributed by atoms with E-state index in [-0.39, 0.29) is 35.1 Å².